The monoisotopic (exact) mass is 254 g/mol. The minimum atomic E-state index is -0.00228. The van der Waals surface area contributed by atoms with E-state index < -0.39 is 0 Å². The summed E-state index contributed by atoms with van der Waals surface area (Å²) in [5, 5.41) is 20.9. The van der Waals surface area contributed by atoms with Gasteiger partial charge in [0.05, 0.1) is 12.2 Å². The Morgan fingerprint density at radius 3 is 2.74 bits per heavy atom. The van der Waals surface area contributed by atoms with Crippen molar-refractivity contribution in [1.82, 2.24) is 9.97 Å². The molecule has 2 heterocycles. The van der Waals surface area contributed by atoms with Gasteiger partial charge in [0.1, 0.15) is 11.9 Å². The van der Waals surface area contributed by atoms with Crippen LogP contribution < -0.4 is 5.32 Å². The highest BCUT2D eigenvalue weighted by Crippen LogP contribution is 2.25. The molecule has 0 spiro atoms. The second-order valence-corrected chi connectivity index (χ2v) is 4.02. The van der Waals surface area contributed by atoms with Crippen molar-refractivity contribution in [3.05, 3.63) is 41.9 Å². The van der Waals surface area contributed by atoms with Gasteiger partial charge in [-0.2, -0.15) is 5.26 Å². The van der Waals surface area contributed by atoms with Gasteiger partial charge in [-0.15, -0.1) is 0 Å². The van der Waals surface area contributed by atoms with Crippen molar-refractivity contribution < 1.29 is 5.11 Å². The van der Waals surface area contributed by atoms with Gasteiger partial charge in [-0.25, -0.2) is 4.98 Å². The van der Waals surface area contributed by atoms with Gasteiger partial charge in [-0.1, -0.05) is 0 Å². The standard InChI is InChI=1S/C14H14N4O/c1-10-13(11-2-4-16-5-3-11)8-12(9-15)14(18-10)17-6-7-19/h2-5,8,19H,6-7H2,1H3,(H,17,18). The second kappa shape index (κ2) is 5.94. The number of nitrogens with one attached hydrogen (secondary N) is 1. The predicted octanol–water partition coefficient (Wildman–Crippen LogP) is 1.73. The third-order valence-corrected chi connectivity index (χ3v) is 2.73. The maximum atomic E-state index is 9.18. The molecule has 0 aromatic carbocycles. The molecular formula is C14H14N4O. The molecule has 0 saturated heterocycles. The normalized spacial score (nSPS) is 9.95. The summed E-state index contributed by atoms with van der Waals surface area (Å²) >= 11 is 0. The zero-order valence-electron chi connectivity index (χ0n) is 10.6. The SMILES string of the molecule is Cc1nc(NCCO)c(C#N)cc1-c1ccncc1. The van der Waals surface area contributed by atoms with Crippen LogP contribution in [0.5, 0.6) is 0 Å². The summed E-state index contributed by atoms with van der Waals surface area (Å²) in [5.74, 6) is 0.506. The lowest BCUT2D eigenvalue weighted by Crippen LogP contribution is -2.09. The number of rotatable bonds is 4. The molecule has 0 bridgehead atoms. The summed E-state index contributed by atoms with van der Waals surface area (Å²) in [6.45, 7) is 2.26. The fourth-order valence-electron chi connectivity index (χ4n) is 1.82. The number of nitrogens with zero attached hydrogens (tertiary/aromatic N) is 3. The van der Waals surface area contributed by atoms with E-state index in [-0.39, 0.29) is 6.61 Å². The molecule has 2 aromatic rings. The summed E-state index contributed by atoms with van der Waals surface area (Å²) in [5.41, 5.74) is 3.18. The zero-order chi connectivity index (χ0) is 13.7. The first-order valence-electron chi connectivity index (χ1n) is 5.93. The molecule has 2 N–H and O–H groups in total. The quantitative estimate of drug-likeness (QED) is 0.868. The molecule has 0 saturated carbocycles. The number of pyridine rings is 2. The van der Waals surface area contributed by atoms with Gasteiger partial charge < -0.3 is 10.4 Å². The molecule has 0 fully saturated rings. The smallest absolute Gasteiger partial charge is 0.144 e. The Kier molecular flexibility index (Phi) is 4.06. The molecule has 0 amide bonds. The van der Waals surface area contributed by atoms with Gasteiger partial charge in [0.25, 0.3) is 0 Å². The lowest BCUT2D eigenvalue weighted by Gasteiger charge is -2.11. The van der Waals surface area contributed by atoms with Gasteiger partial charge in [0.2, 0.25) is 0 Å². The van der Waals surface area contributed by atoms with Crippen molar-refractivity contribution in [1.29, 1.82) is 5.26 Å². The van der Waals surface area contributed by atoms with Crippen molar-refractivity contribution in [3.63, 3.8) is 0 Å². The van der Waals surface area contributed by atoms with Crippen LogP contribution in [0.4, 0.5) is 5.82 Å². The van der Waals surface area contributed by atoms with Gasteiger partial charge in [-0.3, -0.25) is 4.98 Å². The number of aliphatic hydroxyl groups is 1. The largest absolute Gasteiger partial charge is 0.395 e. The van der Waals surface area contributed by atoms with E-state index in [9.17, 15) is 5.26 Å². The minimum absolute atomic E-state index is 0.00228. The van der Waals surface area contributed by atoms with Crippen molar-refractivity contribution in [3.8, 4) is 17.2 Å². The fourth-order valence-corrected chi connectivity index (χ4v) is 1.82. The summed E-state index contributed by atoms with van der Waals surface area (Å²) in [6, 6.07) is 7.68. The third-order valence-electron chi connectivity index (χ3n) is 2.73. The first kappa shape index (κ1) is 13.0. The number of hydrogen-bond acceptors (Lipinski definition) is 5. The number of aryl methyl sites for hydroxylation is 1. The Morgan fingerprint density at radius 2 is 2.11 bits per heavy atom. The first-order valence-corrected chi connectivity index (χ1v) is 5.93. The Bertz CT molecular complexity index is 605. The van der Waals surface area contributed by atoms with E-state index in [2.05, 4.69) is 21.4 Å². The molecule has 2 rings (SSSR count). The van der Waals surface area contributed by atoms with E-state index in [1.165, 1.54) is 0 Å². The van der Waals surface area contributed by atoms with Crippen molar-refractivity contribution in [2.75, 3.05) is 18.5 Å². The average Bonchev–Trinajstić information content (AvgIpc) is 2.46. The molecule has 96 valence electrons. The number of hydrogen-bond donors (Lipinski definition) is 2. The zero-order valence-corrected chi connectivity index (χ0v) is 10.6. The van der Waals surface area contributed by atoms with Crippen molar-refractivity contribution >= 4 is 5.82 Å². The molecule has 2 aromatic heterocycles. The van der Waals surface area contributed by atoms with Gasteiger partial charge in [-0.05, 0) is 30.7 Å². The van der Waals surface area contributed by atoms with Gasteiger partial charge in [0.15, 0.2) is 0 Å². The van der Waals surface area contributed by atoms with Crippen LogP contribution in [0.2, 0.25) is 0 Å². The van der Waals surface area contributed by atoms with Crippen molar-refractivity contribution in [2.24, 2.45) is 0 Å². The minimum Gasteiger partial charge on any atom is -0.395 e. The Labute approximate surface area is 111 Å². The molecule has 0 unspecified atom stereocenters. The van der Waals surface area contributed by atoms with Crippen LogP contribution in [0.1, 0.15) is 11.3 Å². The highest BCUT2D eigenvalue weighted by atomic mass is 16.3. The topological polar surface area (TPSA) is 81.8 Å². The van der Waals surface area contributed by atoms with Crippen LogP contribution in [0, 0.1) is 18.3 Å². The molecular weight excluding hydrogens is 240 g/mol. The number of aromatic nitrogens is 2. The molecule has 5 heteroatoms. The third kappa shape index (κ3) is 2.87. The van der Waals surface area contributed by atoms with Crippen LogP contribution in [0.25, 0.3) is 11.1 Å². The molecule has 0 radical (unpaired) electrons. The van der Waals surface area contributed by atoms with E-state index in [0.29, 0.717) is 17.9 Å². The number of aliphatic hydroxyl groups excluding tert-OH is 1. The number of nitriles is 1. The second-order valence-electron chi connectivity index (χ2n) is 4.02. The van der Waals surface area contributed by atoms with Crippen LogP contribution >= 0.6 is 0 Å². The van der Waals surface area contributed by atoms with Gasteiger partial charge >= 0.3 is 0 Å². The predicted molar refractivity (Wildman–Crippen MR) is 72.5 cm³/mol. The Morgan fingerprint density at radius 1 is 1.37 bits per heavy atom. The van der Waals surface area contributed by atoms with Crippen LogP contribution in [0.15, 0.2) is 30.6 Å². The molecule has 0 aliphatic carbocycles. The summed E-state index contributed by atoms with van der Waals surface area (Å²) in [6.07, 6.45) is 3.41. The summed E-state index contributed by atoms with van der Waals surface area (Å²) in [4.78, 5) is 8.37. The first-order chi connectivity index (χ1) is 9.26. The van der Waals surface area contributed by atoms with Gasteiger partial charge in [0, 0.05) is 30.2 Å². The maximum absolute atomic E-state index is 9.18. The highest BCUT2D eigenvalue weighted by molar-refractivity contribution is 5.70. The highest BCUT2D eigenvalue weighted by Gasteiger charge is 2.10. The van der Waals surface area contributed by atoms with E-state index >= 15 is 0 Å². The summed E-state index contributed by atoms with van der Waals surface area (Å²) < 4.78 is 0. The molecule has 0 aliphatic rings. The lowest BCUT2D eigenvalue weighted by atomic mass is 10.0. The van der Waals surface area contributed by atoms with E-state index in [1.54, 1.807) is 18.5 Å². The number of anilines is 1. The lowest BCUT2D eigenvalue weighted by molar-refractivity contribution is 0.311. The maximum Gasteiger partial charge on any atom is 0.144 e. The fraction of sp³-hybridized carbons (Fsp3) is 0.214. The van der Waals surface area contributed by atoms with E-state index in [0.717, 1.165) is 16.8 Å². The Balaban J connectivity index is 2.46. The molecule has 5 nitrogen and oxygen atoms in total. The average molecular weight is 254 g/mol. The van der Waals surface area contributed by atoms with Crippen molar-refractivity contribution in [2.45, 2.75) is 6.92 Å². The Hall–Kier alpha value is -2.45. The van der Waals surface area contributed by atoms with Crippen LogP contribution in [-0.4, -0.2) is 28.2 Å². The van der Waals surface area contributed by atoms with E-state index in [4.69, 9.17) is 5.11 Å². The van der Waals surface area contributed by atoms with E-state index in [1.807, 2.05) is 19.1 Å². The molecule has 0 aliphatic heterocycles. The summed E-state index contributed by atoms with van der Waals surface area (Å²) in [7, 11) is 0. The molecule has 19 heavy (non-hydrogen) atoms. The van der Waals surface area contributed by atoms with Crippen LogP contribution in [-0.2, 0) is 0 Å². The molecule has 0 atom stereocenters. The van der Waals surface area contributed by atoms with Crippen LogP contribution in [0.3, 0.4) is 0 Å².